The number of allylic oxidation sites excluding steroid dienone is 1. The van der Waals surface area contributed by atoms with E-state index in [0.29, 0.717) is 37.2 Å². The molecule has 6 nitrogen and oxygen atoms in total. The van der Waals surface area contributed by atoms with Gasteiger partial charge in [0.2, 0.25) is 5.91 Å². The van der Waals surface area contributed by atoms with Crippen LogP contribution in [0, 0.1) is 0 Å². The molecule has 3 aromatic rings. The molecule has 41 heavy (non-hydrogen) atoms. The van der Waals surface area contributed by atoms with Crippen LogP contribution in [0.2, 0.25) is 0 Å². The number of fused-ring (bicyclic) bond motifs is 1. The highest BCUT2D eigenvalue weighted by Crippen LogP contribution is 2.49. The molecule has 1 N–H and O–H groups in total. The smallest absolute Gasteiger partial charge is 0.227 e. The summed E-state index contributed by atoms with van der Waals surface area (Å²) in [6.45, 7) is 4.77. The molecule has 0 saturated heterocycles. The average molecular weight is 553 g/mol. The second-order valence-corrected chi connectivity index (χ2v) is 10.8. The van der Waals surface area contributed by atoms with Crippen molar-refractivity contribution in [3.8, 4) is 11.5 Å². The van der Waals surface area contributed by atoms with Crippen molar-refractivity contribution < 1.29 is 19.1 Å². The summed E-state index contributed by atoms with van der Waals surface area (Å²) in [6, 6.07) is 23.1. The number of carbonyl (C=O) groups is 2. The van der Waals surface area contributed by atoms with Crippen LogP contribution in [0.1, 0.15) is 81.9 Å². The van der Waals surface area contributed by atoms with Gasteiger partial charge in [-0.25, -0.2) is 0 Å². The maximum atomic E-state index is 14.3. The van der Waals surface area contributed by atoms with Gasteiger partial charge in [0.05, 0.1) is 31.1 Å². The standard InChI is InChI=1S/C35H40N2O4/c1-4-6-7-16-33(39)37-30-14-10-9-13-28(30)36-29-22-25(24-17-19-26(40-3)20-18-24)23-31(38)34(29)35(37)27-12-8-11-15-32(27)41-21-5-2/h8-15,17-20,25,35-36H,4-7,16,21-23H2,1-3H3/t25-,35-/m1/s1. The van der Waals surface area contributed by atoms with E-state index in [1.165, 1.54) is 0 Å². The second kappa shape index (κ2) is 13.1. The number of unbranched alkanes of at least 4 members (excludes halogenated alkanes) is 2. The summed E-state index contributed by atoms with van der Waals surface area (Å²) in [5.41, 5.74) is 5.08. The van der Waals surface area contributed by atoms with Crippen molar-refractivity contribution >= 4 is 23.1 Å². The van der Waals surface area contributed by atoms with Crippen LogP contribution in [0.15, 0.2) is 84.1 Å². The van der Waals surface area contributed by atoms with E-state index in [1.54, 1.807) is 7.11 Å². The summed E-state index contributed by atoms with van der Waals surface area (Å²) >= 11 is 0. The molecule has 1 aliphatic heterocycles. The van der Waals surface area contributed by atoms with Crippen LogP contribution >= 0.6 is 0 Å². The minimum absolute atomic E-state index is 0.0156. The predicted octanol–water partition coefficient (Wildman–Crippen LogP) is 7.96. The van der Waals surface area contributed by atoms with E-state index in [4.69, 9.17) is 9.47 Å². The Morgan fingerprint density at radius 1 is 0.927 bits per heavy atom. The van der Waals surface area contributed by atoms with E-state index in [9.17, 15) is 9.59 Å². The highest BCUT2D eigenvalue weighted by molar-refractivity contribution is 6.06. The number of rotatable bonds is 10. The Labute approximate surface area is 243 Å². The maximum absolute atomic E-state index is 14.3. The number of amides is 1. The summed E-state index contributed by atoms with van der Waals surface area (Å²) in [5, 5.41) is 3.63. The van der Waals surface area contributed by atoms with E-state index in [1.807, 2.05) is 77.7 Å². The minimum atomic E-state index is -0.590. The van der Waals surface area contributed by atoms with Crippen molar-refractivity contribution in [3.63, 3.8) is 0 Å². The van der Waals surface area contributed by atoms with Gasteiger partial charge in [0.25, 0.3) is 0 Å². The SMILES string of the molecule is CCCCCC(=O)N1c2ccccc2NC2=C(C(=O)C[C@H](c3ccc(OC)cc3)C2)[C@H]1c1ccccc1OCCC. The van der Waals surface area contributed by atoms with Crippen LogP contribution in [0.4, 0.5) is 11.4 Å². The third-order valence-corrected chi connectivity index (χ3v) is 8.01. The first-order chi connectivity index (χ1) is 20.0. The number of nitrogens with zero attached hydrogens (tertiary/aromatic N) is 1. The number of ether oxygens (including phenoxy) is 2. The van der Waals surface area contributed by atoms with Gasteiger partial charge < -0.3 is 14.8 Å². The van der Waals surface area contributed by atoms with Crippen molar-refractivity contribution in [1.29, 1.82) is 0 Å². The summed E-state index contributed by atoms with van der Waals surface area (Å²) in [7, 11) is 1.65. The van der Waals surface area contributed by atoms with Gasteiger partial charge in [-0.3, -0.25) is 14.5 Å². The Bertz CT molecular complexity index is 1410. The monoisotopic (exact) mass is 552 g/mol. The Morgan fingerprint density at radius 3 is 2.44 bits per heavy atom. The fraction of sp³-hybridized carbons (Fsp3) is 0.371. The lowest BCUT2D eigenvalue weighted by Crippen LogP contribution is -2.38. The maximum Gasteiger partial charge on any atom is 0.227 e. The van der Waals surface area contributed by atoms with Crippen molar-refractivity contribution in [3.05, 3.63) is 95.2 Å². The lowest BCUT2D eigenvalue weighted by molar-refractivity contribution is -0.119. The number of benzene rings is 3. The number of ketones is 1. The molecular formula is C35H40N2O4. The number of Topliss-reactive ketones (excluding diaryl/α,β-unsaturated/α-hetero) is 1. The molecule has 1 heterocycles. The minimum Gasteiger partial charge on any atom is -0.497 e. The average Bonchev–Trinajstić information content (AvgIpc) is 3.15. The molecule has 1 aliphatic carbocycles. The Balaban J connectivity index is 1.66. The number of hydrogen-bond acceptors (Lipinski definition) is 5. The molecule has 214 valence electrons. The normalized spacial score (nSPS) is 18.2. The number of anilines is 2. The van der Waals surface area contributed by atoms with Crippen LogP contribution in [-0.2, 0) is 9.59 Å². The highest BCUT2D eigenvalue weighted by atomic mass is 16.5. The molecule has 2 aliphatic rings. The summed E-state index contributed by atoms with van der Waals surface area (Å²) in [5.74, 6) is 1.59. The van der Waals surface area contributed by atoms with Crippen LogP contribution in [0.3, 0.4) is 0 Å². The molecular weight excluding hydrogens is 512 g/mol. The lowest BCUT2D eigenvalue weighted by Gasteiger charge is -2.36. The highest BCUT2D eigenvalue weighted by Gasteiger charge is 2.42. The van der Waals surface area contributed by atoms with Crippen molar-refractivity contribution in [2.75, 3.05) is 23.9 Å². The zero-order chi connectivity index (χ0) is 28.8. The first-order valence-electron chi connectivity index (χ1n) is 14.9. The summed E-state index contributed by atoms with van der Waals surface area (Å²) < 4.78 is 11.6. The molecule has 6 heteroatoms. The zero-order valence-electron chi connectivity index (χ0n) is 24.3. The number of nitrogens with one attached hydrogen (secondary N) is 1. The van der Waals surface area contributed by atoms with Gasteiger partial charge in [0, 0.05) is 29.7 Å². The van der Waals surface area contributed by atoms with E-state index < -0.39 is 6.04 Å². The summed E-state index contributed by atoms with van der Waals surface area (Å²) in [6.07, 6.45) is 5.13. The molecule has 0 unspecified atom stereocenters. The molecule has 0 bridgehead atoms. The predicted molar refractivity (Wildman–Crippen MR) is 164 cm³/mol. The zero-order valence-corrected chi connectivity index (χ0v) is 24.3. The molecule has 5 rings (SSSR count). The van der Waals surface area contributed by atoms with Gasteiger partial charge in [0.15, 0.2) is 5.78 Å². The largest absolute Gasteiger partial charge is 0.497 e. The third-order valence-electron chi connectivity index (χ3n) is 8.01. The van der Waals surface area contributed by atoms with Gasteiger partial charge in [-0.2, -0.15) is 0 Å². The van der Waals surface area contributed by atoms with Crippen LogP contribution < -0.4 is 19.7 Å². The fourth-order valence-corrected chi connectivity index (χ4v) is 5.97. The molecule has 0 fully saturated rings. The lowest BCUT2D eigenvalue weighted by atomic mass is 9.78. The molecule has 1 amide bonds. The van der Waals surface area contributed by atoms with Crippen molar-refractivity contribution in [2.24, 2.45) is 0 Å². The van der Waals surface area contributed by atoms with E-state index in [-0.39, 0.29) is 17.6 Å². The molecule has 2 atom stereocenters. The van der Waals surface area contributed by atoms with Gasteiger partial charge in [-0.05, 0) is 61.1 Å². The second-order valence-electron chi connectivity index (χ2n) is 10.8. The number of hydrogen-bond donors (Lipinski definition) is 1. The van der Waals surface area contributed by atoms with E-state index >= 15 is 0 Å². The van der Waals surface area contributed by atoms with Gasteiger partial charge >= 0.3 is 0 Å². The number of carbonyl (C=O) groups excluding carboxylic acids is 2. The van der Waals surface area contributed by atoms with Gasteiger partial charge in [0.1, 0.15) is 11.5 Å². The first-order valence-corrected chi connectivity index (χ1v) is 14.9. The van der Waals surface area contributed by atoms with Crippen LogP contribution in [0.5, 0.6) is 11.5 Å². The molecule has 0 radical (unpaired) electrons. The molecule has 0 saturated carbocycles. The van der Waals surface area contributed by atoms with Crippen molar-refractivity contribution in [1.82, 2.24) is 0 Å². The van der Waals surface area contributed by atoms with Gasteiger partial charge in [-0.1, -0.05) is 69.2 Å². The van der Waals surface area contributed by atoms with E-state index in [0.717, 1.165) is 59.6 Å². The Morgan fingerprint density at radius 2 is 1.68 bits per heavy atom. The Hall–Kier alpha value is -4.06. The fourth-order valence-electron chi connectivity index (χ4n) is 5.97. The van der Waals surface area contributed by atoms with Gasteiger partial charge in [-0.15, -0.1) is 0 Å². The molecule has 3 aromatic carbocycles. The quantitative estimate of drug-likeness (QED) is 0.258. The first kappa shape index (κ1) is 28.5. The third kappa shape index (κ3) is 6.02. The summed E-state index contributed by atoms with van der Waals surface area (Å²) in [4.78, 5) is 30.3. The van der Waals surface area contributed by atoms with E-state index in [2.05, 4.69) is 19.2 Å². The molecule has 0 aromatic heterocycles. The molecule has 0 spiro atoms. The number of methoxy groups -OCH3 is 1. The van der Waals surface area contributed by atoms with Crippen LogP contribution in [-0.4, -0.2) is 25.4 Å². The Kier molecular flexibility index (Phi) is 9.07. The van der Waals surface area contributed by atoms with Crippen molar-refractivity contribution in [2.45, 2.75) is 70.8 Å². The number of para-hydroxylation sites is 3. The van der Waals surface area contributed by atoms with Crippen LogP contribution in [0.25, 0.3) is 0 Å². The topological polar surface area (TPSA) is 67.9 Å².